The lowest BCUT2D eigenvalue weighted by atomic mass is 9.71. The van der Waals surface area contributed by atoms with Crippen LogP contribution < -0.4 is 15.8 Å². The number of allylic oxidation sites excluding steroid dienone is 1. The van der Waals surface area contributed by atoms with E-state index < -0.39 is 0 Å². The predicted molar refractivity (Wildman–Crippen MR) is 120 cm³/mol. The molecule has 3 aliphatic heterocycles. The Labute approximate surface area is 183 Å². The number of hydrogen-bond donors (Lipinski definition) is 0. The standard InChI is InChI=1S/C25H32N2O4/c1-16-19(21(28)13-18-14-31-15-20(16)18)3-8-26-9-4-25(5-10-26)6-11-27(12-7-25)22-17(2)23(29)24(22)30/h14,19H,3-13,15H2,1-2H3. The van der Waals surface area contributed by atoms with Crippen LogP contribution in [0.15, 0.2) is 32.6 Å². The number of anilines is 1. The van der Waals surface area contributed by atoms with Gasteiger partial charge in [-0.1, -0.05) is 5.57 Å². The van der Waals surface area contributed by atoms with E-state index in [-0.39, 0.29) is 16.8 Å². The third kappa shape index (κ3) is 3.49. The van der Waals surface area contributed by atoms with Crippen LogP contribution in [0.4, 0.5) is 5.69 Å². The maximum atomic E-state index is 12.6. The van der Waals surface area contributed by atoms with Gasteiger partial charge in [-0.3, -0.25) is 14.4 Å². The first kappa shape index (κ1) is 20.7. The Bertz CT molecular complexity index is 1020. The van der Waals surface area contributed by atoms with E-state index in [4.69, 9.17) is 4.74 Å². The lowest BCUT2D eigenvalue weighted by Crippen LogP contribution is -2.50. The van der Waals surface area contributed by atoms with E-state index in [1.165, 1.54) is 24.0 Å². The van der Waals surface area contributed by atoms with Crippen molar-refractivity contribution < 1.29 is 9.53 Å². The van der Waals surface area contributed by atoms with Crippen LogP contribution in [0.2, 0.25) is 0 Å². The molecular formula is C25H32N2O4. The summed E-state index contributed by atoms with van der Waals surface area (Å²) in [5, 5.41) is 0. The molecule has 0 amide bonds. The minimum absolute atomic E-state index is 0.0483. The van der Waals surface area contributed by atoms with E-state index in [1.54, 1.807) is 13.2 Å². The molecule has 3 heterocycles. The van der Waals surface area contributed by atoms with Crippen LogP contribution in [0.5, 0.6) is 0 Å². The molecule has 1 atom stereocenters. The maximum Gasteiger partial charge on any atom is 0.249 e. The molecule has 0 bridgehead atoms. The number of nitrogens with zero attached hydrogens (tertiary/aromatic N) is 2. The molecule has 4 aliphatic rings. The number of Topliss-reactive ketones (excluding diaryl/α,β-unsaturated/α-hetero) is 1. The quantitative estimate of drug-likeness (QED) is 0.692. The zero-order valence-electron chi connectivity index (χ0n) is 18.7. The first-order valence-corrected chi connectivity index (χ1v) is 11.7. The Balaban J connectivity index is 1.13. The van der Waals surface area contributed by atoms with Crippen molar-refractivity contribution in [3.8, 4) is 0 Å². The van der Waals surface area contributed by atoms with Crippen molar-refractivity contribution >= 4 is 11.5 Å². The summed E-state index contributed by atoms with van der Waals surface area (Å²) in [5.74, 6) is 0.389. The molecule has 0 saturated carbocycles. The minimum atomic E-state index is -0.307. The summed E-state index contributed by atoms with van der Waals surface area (Å²) < 4.78 is 5.44. The monoisotopic (exact) mass is 424 g/mol. The number of piperidine rings is 2. The third-order valence-corrected chi connectivity index (χ3v) is 8.50. The fraction of sp³-hybridized carbons (Fsp3) is 0.640. The van der Waals surface area contributed by atoms with E-state index in [0.29, 0.717) is 35.5 Å². The van der Waals surface area contributed by atoms with Gasteiger partial charge in [0, 0.05) is 36.6 Å². The molecule has 166 valence electrons. The molecule has 0 radical (unpaired) electrons. The Hall–Kier alpha value is -2.21. The van der Waals surface area contributed by atoms with Gasteiger partial charge >= 0.3 is 0 Å². The van der Waals surface area contributed by atoms with Gasteiger partial charge in [-0.15, -0.1) is 0 Å². The molecule has 5 rings (SSSR count). The molecule has 0 N–H and O–H groups in total. The summed E-state index contributed by atoms with van der Waals surface area (Å²) in [6, 6.07) is 0. The van der Waals surface area contributed by atoms with E-state index in [9.17, 15) is 14.4 Å². The van der Waals surface area contributed by atoms with Crippen molar-refractivity contribution in [1.29, 1.82) is 0 Å². The molecule has 6 heteroatoms. The molecule has 1 aliphatic carbocycles. The van der Waals surface area contributed by atoms with Crippen LogP contribution in [0.25, 0.3) is 0 Å². The van der Waals surface area contributed by atoms with E-state index in [1.807, 2.05) is 0 Å². The average Bonchev–Trinajstić information content (AvgIpc) is 3.25. The largest absolute Gasteiger partial charge is 0.496 e. The molecule has 1 unspecified atom stereocenters. The molecule has 2 saturated heterocycles. The van der Waals surface area contributed by atoms with Crippen molar-refractivity contribution in [2.75, 3.05) is 44.2 Å². The number of ether oxygens (including phenoxy) is 1. The topological polar surface area (TPSA) is 66.9 Å². The van der Waals surface area contributed by atoms with Gasteiger partial charge in [-0.05, 0) is 76.6 Å². The van der Waals surface area contributed by atoms with Gasteiger partial charge in [-0.25, -0.2) is 0 Å². The van der Waals surface area contributed by atoms with E-state index in [2.05, 4.69) is 16.7 Å². The molecular weight excluding hydrogens is 392 g/mol. The summed E-state index contributed by atoms with van der Waals surface area (Å²) in [7, 11) is 0. The van der Waals surface area contributed by atoms with E-state index >= 15 is 0 Å². The van der Waals surface area contributed by atoms with Crippen LogP contribution in [-0.4, -0.2) is 50.0 Å². The number of hydrogen-bond acceptors (Lipinski definition) is 6. The van der Waals surface area contributed by atoms with Gasteiger partial charge in [0.1, 0.15) is 12.4 Å². The summed E-state index contributed by atoms with van der Waals surface area (Å²) in [5.41, 5.74) is 4.65. The average molecular weight is 425 g/mol. The Morgan fingerprint density at radius 2 is 1.68 bits per heavy atom. The number of rotatable bonds is 4. The van der Waals surface area contributed by atoms with Crippen LogP contribution in [-0.2, 0) is 9.53 Å². The molecule has 1 aromatic carbocycles. The minimum Gasteiger partial charge on any atom is -0.496 e. The zero-order valence-corrected chi connectivity index (χ0v) is 18.7. The second-order valence-corrected chi connectivity index (χ2v) is 10.1. The van der Waals surface area contributed by atoms with Crippen LogP contribution in [0.3, 0.4) is 0 Å². The number of carbonyl (C=O) groups is 1. The second-order valence-electron chi connectivity index (χ2n) is 10.1. The summed E-state index contributed by atoms with van der Waals surface area (Å²) in [6.07, 6.45) is 7.77. The normalized spacial score (nSPS) is 26.4. The number of fused-ring (bicyclic) bond motifs is 1. The van der Waals surface area contributed by atoms with Crippen molar-refractivity contribution in [2.24, 2.45) is 11.3 Å². The first-order chi connectivity index (χ1) is 14.9. The van der Waals surface area contributed by atoms with Crippen LogP contribution in [0, 0.1) is 18.3 Å². The molecule has 1 aromatic rings. The molecule has 2 fully saturated rings. The first-order valence-electron chi connectivity index (χ1n) is 11.7. The lowest BCUT2D eigenvalue weighted by Gasteiger charge is -2.47. The number of ketones is 1. The lowest BCUT2D eigenvalue weighted by molar-refractivity contribution is -0.121. The highest BCUT2D eigenvalue weighted by Gasteiger charge is 2.39. The molecule has 0 aromatic heterocycles. The summed E-state index contributed by atoms with van der Waals surface area (Å²) in [4.78, 5) is 40.7. The van der Waals surface area contributed by atoms with Crippen LogP contribution >= 0.6 is 0 Å². The highest BCUT2D eigenvalue weighted by atomic mass is 16.5. The highest BCUT2D eigenvalue weighted by molar-refractivity contribution is 5.89. The number of likely N-dealkylation sites (tertiary alicyclic amines) is 1. The Morgan fingerprint density at radius 1 is 1.00 bits per heavy atom. The maximum absolute atomic E-state index is 12.6. The fourth-order valence-electron chi connectivity index (χ4n) is 6.19. The second kappa shape index (κ2) is 7.73. The van der Waals surface area contributed by atoms with Gasteiger partial charge in [0.2, 0.25) is 10.9 Å². The Morgan fingerprint density at radius 3 is 2.35 bits per heavy atom. The van der Waals surface area contributed by atoms with Gasteiger partial charge in [0.15, 0.2) is 0 Å². The fourth-order valence-corrected chi connectivity index (χ4v) is 6.19. The molecule has 1 spiro atoms. The summed E-state index contributed by atoms with van der Waals surface area (Å²) in [6.45, 7) is 9.42. The van der Waals surface area contributed by atoms with Crippen molar-refractivity contribution in [3.63, 3.8) is 0 Å². The highest BCUT2D eigenvalue weighted by Crippen LogP contribution is 2.42. The van der Waals surface area contributed by atoms with E-state index in [0.717, 1.165) is 57.6 Å². The van der Waals surface area contributed by atoms with Gasteiger partial charge in [0.05, 0.1) is 11.9 Å². The zero-order chi connectivity index (χ0) is 21.8. The third-order valence-electron chi connectivity index (χ3n) is 8.50. The SMILES string of the molecule is CC1=C2COC=C2CC(=O)C1CCN1CCC2(CC1)CCN(c1c(C)c(=O)c1=O)CC2. The smallest absolute Gasteiger partial charge is 0.249 e. The molecule has 31 heavy (non-hydrogen) atoms. The van der Waals surface area contributed by atoms with Gasteiger partial charge in [0.25, 0.3) is 0 Å². The molecule has 6 nitrogen and oxygen atoms in total. The summed E-state index contributed by atoms with van der Waals surface area (Å²) >= 11 is 0. The van der Waals surface area contributed by atoms with Crippen LogP contribution in [0.1, 0.15) is 51.0 Å². The van der Waals surface area contributed by atoms with Gasteiger partial charge < -0.3 is 14.5 Å². The van der Waals surface area contributed by atoms with Gasteiger partial charge in [-0.2, -0.15) is 0 Å². The van der Waals surface area contributed by atoms with Crippen molar-refractivity contribution in [2.45, 2.75) is 52.4 Å². The number of carbonyl (C=O) groups excluding carboxylic acids is 1. The van der Waals surface area contributed by atoms with Crippen molar-refractivity contribution in [3.05, 3.63) is 49.0 Å². The predicted octanol–water partition coefficient (Wildman–Crippen LogP) is 2.48. The Kier molecular flexibility index (Phi) is 5.16. The van der Waals surface area contributed by atoms with Crippen molar-refractivity contribution in [1.82, 2.24) is 4.90 Å².